The summed E-state index contributed by atoms with van der Waals surface area (Å²) in [4.78, 5) is 16.4. The smallest absolute Gasteiger partial charge is 0.226 e. The molecule has 0 saturated heterocycles. The topological polar surface area (TPSA) is 54.0 Å². The third-order valence-corrected chi connectivity index (χ3v) is 4.05. The van der Waals surface area contributed by atoms with E-state index in [1.807, 2.05) is 30.3 Å². The zero-order valence-corrected chi connectivity index (χ0v) is 14.2. The lowest BCUT2D eigenvalue weighted by atomic mass is 10.2. The number of aromatic nitrogens is 1. The Balaban J connectivity index is 1.58. The monoisotopic (exact) mass is 359 g/mol. The van der Waals surface area contributed by atoms with Crippen LogP contribution in [0.3, 0.4) is 0 Å². The maximum atomic E-state index is 12.0. The molecule has 0 aliphatic carbocycles. The summed E-state index contributed by atoms with van der Waals surface area (Å²) in [6.45, 7) is 0.493. The number of pyridine rings is 1. The summed E-state index contributed by atoms with van der Waals surface area (Å²) in [7, 11) is 0. The molecule has 24 heavy (non-hydrogen) atoms. The molecule has 1 amide bonds. The molecule has 0 aliphatic rings. The van der Waals surface area contributed by atoms with Gasteiger partial charge in [0.1, 0.15) is 0 Å². The molecule has 0 bridgehead atoms. The van der Waals surface area contributed by atoms with Gasteiger partial charge in [0.15, 0.2) is 0 Å². The second kappa shape index (κ2) is 7.51. The number of carbonyl (C=O) groups is 1. The molecular weight excluding hydrogens is 345 g/mol. The zero-order chi connectivity index (χ0) is 16.9. The predicted octanol–water partition coefficient (Wildman–Crippen LogP) is 4.98. The number of para-hydroxylation sites is 1. The van der Waals surface area contributed by atoms with Crippen LogP contribution < -0.4 is 10.6 Å². The Morgan fingerprint density at radius 3 is 2.71 bits per heavy atom. The molecule has 3 rings (SSSR count). The van der Waals surface area contributed by atoms with Crippen LogP contribution in [0.2, 0.25) is 10.0 Å². The van der Waals surface area contributed by atoms with Gasteiger partial charge in [-0.05, 0) is 30.3 Å². The van der Waals surface area contributed by atoms with Crippen LogP contribution in [0.25, 0.3) is 10.9 Å². The number of nitrogens with one attached hydrogen (secondary N) is 2. The second-order valence-electron chi connectivity index (χ2n) is 5.23. The van der Waals surface area contributed by atoms with Gasteiger partial charge < -0.3 is 10.6 Å². The lowest BCUT2D eigenvalue weighted by molar-refractivity contribution is -0.115. The largest absolute Gasteiger partial charge is 0.383 e. The van der Waals surface area contributed by atoms with E-state index in [2.05, 4.69) is 15.6 Å². The summed E-state index contributed by atoms with van der Waals surface area (Å²) in [5.41, 5.74) is 2.35. The highest BCUT2D eigenvalue weighted by molar-refractivity contribution is 6.36. The highest BCUT2D eigenvalue weighted by Gasteiger charge is 2.07. The molecule has 4 nitrogen and oxygen atoms in total. The summed E-state index contributed by atoms with van der Waals surface area (Å²) >= 11 is 11.9. The van der Waals surface area contributed by atoms with E-state index in [1.54, 1.807) is 24.4 Å². The Morgan fingerprint density at radius 1 is 1.04 bits per heavy atom. The molecule has 2 N–H and O–H groups in total. The van der Waals surface area contributed by atoms with Gasteiger partial charge in [-0.15, -0.1) is 0 Å². The third kappa shape index (κ3) is 3.96. The van der Waals surface area contributed by atoms with Crippen molar-refractivity contribution in [2.24, 2.45) is 0 Å². The molecule has 2 aromatic carbocycles. The van der Waals surface area contributed by atoms with Crippen molar-refractivity contribution in [1.29, 1.82) is 0 Å². The molecular formula is C18H15Cl2N3O. The normalized spacial score (nSPS) is 10.6. The fourth-order valence-electron chi connectivity index (χ4n) is 2.36. The van der Waals surface area contributed by atoms with Crippen LogP contribution in [0.1, 0.15) is 6.42 Å². The van der Waals surface area contributed by atoms with Crippen LogP contribution >= 0.6 is 23.2 Å². The Bertz CT molecular complexity index is 878. The van der Waals surface area contributed by atoms with Crippen LogP contribution in [0.4, 0.5) is 11.4 Å². The SMILES string of the molecule is O=C(CCNc1cccc2cccnc12)Nc1ccc(Cl)cc1Cl. The highest BCUT2D eigenvalue weighted by Crippen LogP contribution is 2.25. The molecule has 1 aromatic heterocycles. The fourth-order valence-corrected chi connectivity index (χ4v) is 2.82. The van der Waals surface area contributed by atoms with Crippen molar-refractivity contribution >= 4 is 51.4 Å². The van der Waals surface area contributed by atoms with Gasteiger partial charge in [0.2, 0.25) is 5.91 Å². The quantitative estimate of drug-likeness (QED) is 0.675. The van der Waals surface area contributed by atoms with Gasteiger partial charge in [0.05, 0.1) is 21.9 Å². The standard InChI is InChI=1S/C18H15Cl2N3O/c19-13-6-7-15(14(20)11-13)23-17(24)8-10-21-16-5-1-3-12-4-2-9-22-18(12)16/h1-7,9,11,21H,8,10H2,(H,23,24). The fraction of sp³-hybridized carbons (Fsp3) is 0.111. The van der Waals surface area contributed by atoms with Crippen LogP contribution in [0.15, 0.2) is 54.7 Å². The minimum atomic E-state index is -0.125. The molecule has 0 unspecified atom stereocenters. The van der Waals surface area contributed by atoms with Crippen LogP contribution in [-0.2, 0) is 4.79 Å². The number of hydrogen-bond acceptors (Lipinski definition) is 3. The van der Waals surface area contributed by atoms with Crippen molar-refractivity contribution in [1.82, 2.24) is 4.98 Å². The number of rotatable bonds is 5. The molecule has 0 atom stereocenters. The van der Waals surface area contributed by atoms with Crippen molar-refractivity contribution in [3.05, 3.63) is 64.8 Å². The van der Waals surface area contributed by atoms with Crippen LogP contribution in [0, 0.1) is 0 Å². The van der Waals surface area contributed by atoms with Crippen molar-refractivity contribution in [3.63, 3.8) is 0 Å². The Labute approximate surface area is 149 Å². The molecule has 0 spiro atoms. The van der Waals surface area contributed by atoms with Gasteiger partial charge in [-0.3, -0.25) is 9.78 Å². The molecule has 3 aromatic rings. The molecule has 0 fully saturated rings. The van der Waals surface area contributed by atoms with Crippen molar-refractivity contribution < 1.29 is 4.79 Å². The molecule has 6 heteroatoms. The summed E-state index contributed by atoms with van der Waals surface area (Å²) < 4.78 is 0. The van der Waals surface area contributed by atoms with E-state index in [0.29, 0.717) is 28.7 Å². The highest BCUT2D eigenvalue weighted by atomic mass is 35.5. The lowest BCUT2D eigenvalue weighted by Crippen LogP contribution is -2.16. The maximum Gasteiger partial charge on any atom is 0.226 e. The van der Waals surface area contributed by atoms with Gasteiger partial charge in [-0.25, -0.2) is 0 Å². The van der Waals surface area contributed by atoms with E-state index < -0.39 is 0 Å². The van der Waals surface area contributed by atoms with Crippen LogP contribution in [0.5, 0.6) is 0 Å². The number of nitrogens with zero attached hydrogens (tertiary/aromatic N) is 1. The molecule has 0 saturated carbocycles. The number of anilines is 2. The molecule has 0 aliphatic heterocycles. The van der Waals surface area contributed by atoms with Gasteiger partial charge in [-0.1, -0.05) is 41.4 Å². The average Bonchev–Trinajstić information content (AvgIpc) is 2.58. The summed E-state index contributed by atoms with van der Waals surface area (Å²) in [6.07, 6.45) is 2.06. The number of fused-ring (bicyclic) bond motifs is 1. The minimum Gasteiger partial charge on any atom is -0.383 e. The van der Waals surface area contributed by atoms with E-state index in [1.165, 1.54) is 0 Å². The number of halogens is 2. The first-order chi connectivity index (χ1) is 11.6. The molecule has 122 valence electrons. The minimum absolute atomic E-state index is 0.125. The van der Waals surface area contributed by atoms with Crippen molar-refractivity contribution in [2.45, 2.75) is 6.42 Å². The van der Waals surface area contributed by atoms with Crippen LogP contribution in [-0.4, -0.2) is 17.4 Å². The first-order valence-electron chi connectivity index (χ1n) is 7.46. The van der Waals surface area contributed by atoms with Gasteiger partial charge in [0.25, 0.3) is 0 Å². The third-order valence-electron chi connectivity index (χ3n) is 3.51. The Hall–Kier alpha value is -2.30. The number of hydrogen-bond donors (Lipinski definition) is 2. The summed E-state index contributed by atoms with van der Waals surface area (Å²) in [5.74, 6) is -0.125. The van der Waals surface area contributed by atoms with Crippen molar-refractivity contribution in [3.8, 4) is 0 Å². The first kappa shape index (κ1) is 16.6. The van der Waals surface area contributed by atoms with E-state index in [9.17, 15) is 4.79 Å². The van der Waals surface area contributed by atoms with Crippen molar-refractivity contribution in [2.75, 3.05) is 17.2 Å². The lowest BCUT2D eigenvalue weighted by Gasteiger charge is -2.10. The van der Waals surface area contributed by atoms with Gasteiger partial charge >= 0.3 is 0 Å². The van der Waals surface area contributed by atoms with E-state index in [4.69, 9.17) is 23.2 Å². The van der Waals surface area contributed by atoms with E-state index in [-0.39, 0.29) is 5.91 Å². The number of benzene rings is 2. The predicted molar refractivity (Wildman–Crippen MR) is 99.9 cm³/mol. The zero-order valence-electron chi connectivity index (χ0n) is 12.7. The van der Waals surface area contributed by atoms with Gasteiger partial charge in [-0.2, -0.15) is 0 Å². The number of carbonyl (C=O) groups excluding carboxylic acids is 1. The average molecular weight is 360 g/mol. The summed E-state index contributed by atoms with van der Waals surface area (Å²) in [6, 6.07) is 14.8. The Kier molecular flexibility index (Phi) is 5.18. The van der Waals surface area contributed by atoms with E-state index in [0.717, 1.165) is 16.6 Å². The summed E-state index contributed by atoms with van der Waals surface area (Å²) in [5, 5.41) is 8.03. The van der Waals surface area contributed by atoms with Gasteiger partial charge in [0, 0.05) is 29.6 Å². The molecule has 1 heterocycles. The Morgan fingerprint density at radius 2 is 1.88 bits per heavy atom. The first-order valence-corrected chi connectivity index (χ1v) is 8.21. The second-order valence-corrected chi connectivity index (χ2v) is 6.07. The maximum absolute atomic E-state index is 12.0. The number of amides is 1. The van der Waals surface area contributed by atoms with E-state index >= 15 is 0 Å². The molecule has 0 radical (unpaired) electrons.